The van der Waals surface area contributed by atoms with Crippen LogP contribution >= 0.6 is 0 Å². The molecular weight excluding hydrogens is 202 g/mol. The molecule has 1 unspecified atom stereocenters. The second kappa shape index (κ2) is 5.61. The second-order valence-corrected chi connectivity index (χ2v) is 4.01. The summed E-state index contributed by atoms with van der Waals surface area (Å²) in [4.78, 5) is 17.9. The largest absolute Gasteiger partial charge is 0.338 e. The summed E-state index contributed by atoms with van der Waals surface area (Å²) < 4.78 is 0. The standard InChI is InChI=1S/C12H19N3O/c1-9-5-4-8-14-11(9)12(16)15(3)10(2)6-7-13/h4-5,8,10H,6-7,13H2,1-3H3. The highest BCUT2D eigenvalue weighted by Crippen LogP contribution is 2.09. The highest BCUT2D eigenvalue weighted by molar-refractivity contribution is 5.93. The van der Waals surface area contributed by atoms with Crippen molar-refractivity contribution in [2.75, 3.05) is 13.6 Å². The zero-order chi connectivity index (χ0) is 12.1. The van der Waals surface area contributed by atoms with Gasteiger partial charge in [0.15, 0.2) is 0 Å². The highest BCUT2D eigenvalue weighted by Gasteiger charge is 2.19. The lowest BCUT2D eigenvalue weighted by Crippen LogP contribution is -2.37. The van der Waals surface area contributed by atoms with E-state index in [2.05, 4.69) is 4.98 Å². The number of carbonyl (C=O) groups is 1. The number of nitrogens with zero attached hydrogens (tertiary/aromatic N) is 2. The Kier molecular flexibility index (Phi) is 4.43. The molecule has 0 radical (unpaired) electrons. The Bertz CT molecular complexity index is 365. The van der Waals surface area contributed by atoms with Crippen LogP contribution in [0.3, 0.4) is 0 Å². The molecule has 2 N–H and O–H groups in total. The van der Waals surface area contributed by atoms with E-state index in [-0.39, 0.29) is 11.9 Å². The molecule has 0 saturated carbocycles. The summed E-state index contributed by atoms with van der Waals surface area (Å²) in [6.07, 6.45) is 2.44. The molecule has 0 aliphatic rings. The van der Waals surface area contributed by atoms with Crippen LogP contribution in [-0.2, 0) is 0 Å². The zero-order valence-corrected chi connectivity index (χ0v) is 10.1. The zero-order valence-electron chi connectivity index (χ0n) is 10.1. The van der Waals surface area contributed by atoms with Crippen molar-refractivity contribution in [2.24, 2.45) is 5.73 Å². The molecule has 1 aromatic heterocycles. The predicted octanol–water partition coefficient (Wildman–Crippen LogP) is 1.20. The molecule has 0 spiro atoms. The molecule has 0 fully saturated rings. The second-order valence-electron chi connectivity index (χ2n) is 4.01. The van der Waals surface area contributed by atoms with Crippen LogP contribution in [0.25, 0.3) is 0 Å². The minimum Gasteiger partial charge on any atom is -0.338 e. The number of nitrogens with two attached hydrogens (primary N) is 1. The van der Waals surface area contributed by atoms with Gasteiger partial charge in [-0.05, 0) is 38.4 Å². The van der Waals surface area contributed by atoms with Gasteiger partial charge in [-0.3, -0.25) is 9.78 Å². The average molecular weight is 221 g/mol. The molecule has 0 bridgehead atoms. The van der Waals surface area contributed by atoms with E-state index in [0.29, 0.717) is 12.2 Å². The summed E-state index contributed by atoms with van der Waals surface area (Å²) in [5.74, 6) is -0.0425. The van der Waals surface area contributed by atoms with Crippen molar-refractivity contribution in [1.29, 1.82) is 0 Å². The number of aromatic nitrogens is 1. The Morgan fingerprint density at radius 2 is 2.31 bits per heavy atom. The van der Waals surface area contributed by atoms with Gasteiger partial charge in [-0.15, -0.1) is 0 Å². The SMILES string of the molecule is Cc1cccnc1C(=O)N(C)C(C)CCN. The fourth-order valence-corrected chi connectivity index (χ4v) is 1.51. The third kappa shape index (κ3) is 2.79. The third-order valence-electron chi connectivity index (χ3n) is 2.78. The molecule has 0 saturated heterocycles. The van der Waals surface area contributed by atoms with Crippen molar-refractivity contribution in [2.45, 2.75) is 26.3 Å². The van der Waals surface area contributed by atoms with Crippen molar-refractivity contribution >= 4 is 5.91 Å². The summed E-state index contributed by atoms with van der Waals surface area (Å²) in [6, 6.07) is 3.86. The van der Waals surface area contributed by atoms with E-state index in [0.717, 1.165) is 12.0 Å². The number of carbonyl (C=O) groups excluding carboxylic acids is 1. The molecule has 1 rings (SSSR count). The molecule has 1 atom stereocenters. The van der Waals surface area contributed by atoms with Crippen LogP contribution in [0.1, 0.15) is 29.4 Å². The van der Waals surface area contributed by atoms with Crippen molar-refractivity contribution in [3.63, 3.8) is 0 Å². The number of aryl methyl sites for hydroxylation is 1. The van der Waals surface area contributed by atoms with E-state index in [1.807, 2.05) is 26.0 Å². The number of hydrogen-bond donors (Lipinski definition) is 1. The van der Waals surface area contributed by atoms with Crippen molar-refractivity contribution in [3.05, 3.63) is 29.6 Å². The van der Waals surface area contributed by atoms with Gasteiger partial charge in [-0.25, -0.2) is 0 Å². The summed E-state index contributed by atoms with van der Waals surface area (Å²) in [5.41, 5.74) is 6.91. The smallest absolute Gasteiger partial charge is 0.272 e. The van der Waals surface area contributed by atoms with E-state index in [1.54, 1.807) is 18.1 Å². The monoisotopic (exact) mass is 221 g/mol. The van der Waals surface area contributed by atoms with Gasteiger partial charge in [0, 0.05) is 19.3 Å². The molecule has 4 nitrogen and oxygen atoms in total. The summed E-state index contributed by atoms with van der Waals surface area (Å²) in [6.45, 7) is 4.46. The van der Waals surface area contributed by atoms with Crippen molar-refractivity contribution < 1.29 is 4.79 Å². The minimum absolute atomic E-state index is 0.0425. The molecule has 88 valence electrons. The van der Waals surface area contributed by atoms with Crippen LogP contribution in [0.4, 0.5) is 0 Å². The lowest BCUT2D eigenvalue weighted by molar-refractivity contribution is 0.0732. The van der Waals surface area contributed by atoms with Crippen molar-refractivity contribution in [1.82, 2.24) is 9.88 Å². The van der Waals surface area contributed by atoms with Gasteiger partial charge in [0.1, 0.15) is 5.69 Å². The van der Waals surface area contributed by atoms with E-state index in [1.165, 1.54) is 0 Å². The van der Waals surface area contributed by atoms with Crippen LogP contribution in [0.15, 0.2) is 18.3 Å². The lowest BCUT2D eigenvalue weighted by Gasteiger charge is -2.24. The molecule has 0 aliphatic heterocycles. The fourth-order valence-electron chi connectivity index (χ4n) is 1.51. The molecule has 0 aromatic carbocycles. The van der Waals surface area contributed by atoms with Gasteiger partial charge in [0.05, 0.1) is 0 Å². The number of amides is 1. The van der Waals surface area contributed by atoms with Crippen LogP contribution in [0, 0.1) is 6.92 Å². The molecule has 1 amide bonds. The van der Waals surface area contributed by atoms with E-state index >= 15 is 0 Å². The Morgan fingerprint density at radius 1 is 1.62 bits per heavy atom. The first kappa shape index (κ1) is 12.6. The lowest BCUT2D eigenvalue weighted by atomic mass is 10.1. The van der Waals surface area contributed by atoms with Crippen molar-refractivity contribution in [3.8, 4) is 0 Å². The van der Waals surface area contributed by atoms with E-state index in [9.17, 15) is 4.79 Å². The number of hydrogen-bond acceptors (Lipinski definition) is 3. The Labute approximate surface area is 96.5 Å². The van der Waals surface area contributed by atoms with Gasteiger partial charge < -0.3 is 10.6 Å². The van der Waals surface area contributed by atoms with Crippen LogP contribution < -0.4 is 5.73 Å². The number of rotatable bonds is 4. The Morgan fingerprint density at radius 3 is 2.88 bits per heavy atom. The first-order valence-electron chi connectivity index (χ1n) is 5.46. The van der Waals surface area contributed by atoms with Gasteiger partial charge in [-0.2, -0.15) is 0 Å². The predicted molar refractivity (Wildman–Crippen MR) is 64.2 cm³/mol. The maximum absolute atomic E-state index is 12.1. The first-order valence-corrected chi connectivity index (χ1v) is 5.46. The molecule has 0 aliphatic carbocycles. The summed E-state index contributed by atoms with van der Waals surface area (Å²) >= 11 is 0. The minimum atomic E-state index is -0.0425. The Hall–Kier alpha value is -1.42. The number of pyridine rings is 1. The normalized spacial score (nSPS) is 12.2. The van der Waals surface area contributed by atoms with Crippen LogP contribution in [0.2, 0.25) is 0 Å². The van der Waals surface area contributed by atoms with E-state index < -0.39 is 0 Å². The van der Waals surface area contributed by atoms with Gasteiger partial charge in [-0.1, -0.05) is 6.07 Å². The van der Waals surface area contributed by atoms with Gasteiger partial charge >= 0.3 is 0 Å². The van der Waals surface area contributed by atoms with Gasteiger partial charge in [0.2, 0.25) is 0 Å². The quantitative estimate of drug-likeness (QED) is 0.831. The third-order valence-corrected chi connectivity index (χ3v) is 2.78. The summed E-state index contributed by atoms with van der Waals surface area (Å²) in [5, 5.41) is 0. The molecule has 1 heterocycles. The maximum Gasteiger partial charge on any atom is 0.272 e. The Balaban J connectivity index is 2.82. The van der Waals surface area contributed by atoms with Gasteiger partial charge in [0.25, 0.3) is 5.91 Å². The molecule has 16 heavy (non-hydrogen) atoms. The van der Waals surface area contributed by atoms with Crippen LogP contribution in [0.5, 0.6) is 0 Å². The molecule has 1 aromatic rings. The maximum atomic E-state index is 12.1. The first-order chi connectivity index (χ1) is 7.57. The summed E-state index contributed by atoms with van der Waals surface area (Å²) in [7, 11) is 1.79. The fraction of sp³-hybridized carbons (Fsp3) is 0.500. The topological polar surface area (TPSA) is 59.2 Å². The molecular formula is C12H19N3O. The molecule has 4 heteroatoms. The average Bonchev–Trinajstić information content (AvgIpc) is 2.28. The highest BCUT2D eigenvalue weighted by atomic mass is 16.2. The van der Waals surface area contributed by atoms with Crippen LogP contribution in [-0.4, -0.2) is 35.4 Å². The van der Waals surface area contributed by atoms with E-state index in [4.69, 9.17) is 5.73 Å².